The van der Waals surface area contributed by atoms with Crippen molar-refractivity contribution in [3.8, 4) is 0 Å². The van der Waals surface area contributed by atoms with Crippen LogP contribution >= 0.6 is 0 Å². The van der Waals surface area contributed by atoms with Gasteiger partial charge >= 0.3 is 0 Å². The van der Waals surface area contributed by atoms with Gasteiger partial charge in [-0.3, -0.25) is 9.59 Å². The molecule has 0 radical (unpaired) electrons. The van der Waals surface area contributed by atoms with Gasteiger partial charge in [0.05, 0.1) is 11.8 Å². The van der Waals surface area contributed by atoms with Crippen molar-refractivity contribution in [2.45, 2.75) is 13.3 Å². The van der Waals surface area contributed by atoms with Crippen molar-refractivity contribution in [2.75, 3.05) is 25.5 Å². The van der Waals surface area contributed by atoms with Crippen molar-refractivity contribution in [3.05, 3.63) is 23.6 Å². The largest absolute Gasteiger partial charge is 0.372 e. The molecule has 0 aliphatic heterocycles. The Morgan fingerprint density at radius 1 is 1.37 bits per heavy atom. The first-order valence-electron chi connectivity index (χ1n) is 5.96. The van der Waals surface area contributed by atoms with E-state index in [1.54, 1.807) is 7.05 Å². The Bertz CT molecular complexity index is 465. The predicted octanol–water partition coefficient (Wildman–Crippen LogP) is 0.518. The molecular weight excluding hydrogens is 251 g/mol. The van der Waals surface area contributed by atoms with E-state index in [-0.39, 0.29) is 30.3 Å². The van der Waals surface area contributed by atoms with Crippen LogP contribution in [0.25, 0.3) is 0 Å². The van der Waals surface area contributed by atoms with E-state index in [0.29, 0.717) is 6.54 Å². The molecule has 0 aromatic carbocycles. The molecule has 0 saturated heterocycles. The van der Waals surface area contributed by atoms with Crippen LogP contribution < -0.4 is 16.0 Å². The molecular formula is C12H17FN4O2. The normalized spacial score (nSPS) is 9.84. The number of carbonyl (C=O) groups excluding carboxylic acids is 2. The van der Waals surface area contributed by atoms with E-state index in [1.807, 2.05) is 6.92 Å². The summed E-state index contributed by atoms with van der Waals surface area (Å²) in [4.78, 5) is 26.8. The van der Waals surface area contributed by atoms with E-state index in [0.717, 1.165) is 12.3 Å². The fourth-order valence-corrected chi connectivity index (χ4v) is 1.48. The number of nitrogens with one attached hydrogen (secondary N) is 3. The van der Waals surface area contributed by atoms with Gasteiger partial charge in [0.15, 0.2) is 0 Å². The molecule has 0 fully saturated rings. The molecule has 7 heteroatoms. The van der Waals surface area contributed by atoms with Crippen LogP contribution in [0.15, 0.2) is 12.3 Å². The molecule has 3 N–H and O–H groups in total. The minimum absolute atomic E-state index is 0.110. The third kappa shape index (κ3) is 4.53. The highest BCUT2D eigenvalue weighted by molar-refractivity contribution is 5.98. The predicted molar refractivity (Wildman–Crippen MR) is 69.4 cm³/mol. The Hall–Kier alpha value is -2.18. The van der Waals surface area contributed by atoms with Crippen LogP contribution in [-0.4, -0.2) is 36.9 Å². The van der Waals surface area contributed by atoms with Gasteiger partial charge in [-0.25, -0.2) is 9.37 Å². The molecule has 6 nitrogen and oxygen atoms in total. The van der Waals surface area contributed by atoms with Gasteiger partial charge in [-0.2, -0.15) is 0 Å². The lowest BCUT2D eigenvalue weighted by atomic mass is 10.2. The van der Waals surface area contributed by atoms with Crippen LogP contribution in [0.3, 0.4) is 0 Å². The van der Waals surface area contributed by atoms with E-state index < -0.39 is 11.7 Å². The number of halogens is 1. The maximum atomic E-state index is 13.1. The molecule has 1 heterocycles. The minimum Gasteiger partial charge on any atom is -0.372 e. The number of aromatic nitrogens is 1. The summed E-state index contributed by atoms with van der Waals surface area (Å²) in [5.41, 5.74) is 0.110. The van der Waals surface area contributed by atoms with Gasteiger partial charge in [0, 0.05) is 26.6 Å². The maximum absolute atomic E-state index is 13.1. The molecule has 0 spiro atoms. The fourth-order valence-electron chi connectivity index (χ4n) is 1.48. The van der Waals surface area contributed by atoms with E-state index in [2.05, 4.69) is 20.9 Å². The standard InChI is InChI=1S/C12H17FN4O2/c1-3-15-10(18)4-5-16-12(19)9-6-8(13)7-17-11(9)14-2/h6-7H,3-5H2,1-2H3,(H,14,17)(H,15,18)(H,16,19). The zero-order valence-corrected chi connectivity index (χ0v) is 10.9. The van der Waals surface area contributed by atoms with Gasteiger partial charge in [0.25, 0.3) is 5.91 Å². The highest BCUT2D eigenvalue weighted by Crippen LogP contribution is 2.12. The molecule has 104 valence electrons. The van der Waals surface area contributed by atoms with Crippen LogP contribution in [0.5, 0.6) is 0 Å². The molecule has 0 aliphatic rings. The van der Waals surface area contributed by atoms with Crippen LogP contribution in [0.4, 0.5) is 10.2 Å². The summed E-state index contributed by atoms with van der Waals surface area (Å²) < 4.78 is 13.1. The van der Waals surface area contributed by atoms with Crippen molar-refractivity contribution in [1.29, 1.82) is 0 Å². The quantitative estimate of drug-likeness (QED) is 0.702. The third-order valence-corrected chi connectivity index (χ3v) is 2.35. The van der Waals surface area contributed by atoms with Crippen molar-refractivity contribution >= 4 is 17.6 Å². The second kappa shape index (κ2) is 7.30. The molecule has 0 unspecified atom stereocenters. The second-order valence-electron chi connectivity index (χ2n) is 3.76. The Labute approximate surface area is 110 Å². The molecule has 1 rings (SSSR count). The number of carbonyl (C=O) groups is 2. The van der Waals surface area contributed by atoms with E-state index >= 15 is 0 Å². The molecule has 0 atom stereocenters. The molecule has 0 saturated carbocycles. The topological polar surface area (TPSA) is 83.1 Å². The van der Waals surface area contributed by atoms with Gasteiger partial charge in [-0.1, -0.05) is 0 Å². The molecule has 0 aliphatic carbocycles. The third-order valence-electron chi connectivity index (χ3n) is 2.35. The zero-order valence-electron chi connectivity index (χ0n) is 10.9. The smallest absolute Gasteiger partial charge is 0.255 e. The van der Waals surface area contributed by atoms with Crippen molar-refractivity contribution in [1.82, 2.24) is 15.6 Å². The highest BCUT2D eigenvalue weighted by Gasteiger charge is 2.13. The molecule has 2 amide bonds. The number of amides is 2. The maximum Gasteiger partial charge on any atom is 0.255 e. The van der Waals surface area contributed by atoms with E-state index in [1.165, 1.54) is 0 Å². The van der Waals surface area contributed by atoms with Gasteiger partial charge < -0.3 is 16.0 Å². The van der Waals surface area contributed by atoms with Crippen molar-refractivity contribution < 1.29 is 14.0 Å². The Kier molecular flexibility index (Phi) is 5.72. The molecule has 1 aromatic rings. The molecule has 19 heavy (non-hydrogen) atoms. The van der Waals surface area contributed by atoms with Crippen molar-refractivity contribution in [3.63, 3.8) is 0 Å². The summed E-state index contributed by atoms with van der Waals surface area (Å²) in [6.45, 7) is 2.54. The monoisotopic (exact) mass is 268 g/mol. The first-order chi connectivity index (χ1) is 9.08. The van der Waals surface area contributed by atoms with Gasteiger partial charge in [0.2, 0.25) is 5.91 Å². The van der Waals surface area contributed by atoms with Gasteiger partial charge in [-0.15, -0.1) is 0 Å². The summed E-state index contributed by atoms with van der Waals surface area (Å²) in [5.74, 6) is -0.917. The van der Waals surface area contributed by atoms with E-state index in [4.69, 9.17) is 0 Å². The lowest BCUT2D eigenvalue weighted by Gasteiger charge is -2.09. The van der Waals surface area contributed by atoms with Crippen LogP contribution in [0, 0.1) is 5.82 Å². The average molecular weight is 268 g/mol. The van der Waals surface area contributed by atoms with Crippen LogP contribution in [0.2, 0.25) is 0 Å². The summed E-state index contributed by atoms with van der Waals surface area (Å²) in [6.07, 6.45) is 1.20. The number of hydrogen-bond acceptors (Lipinski definition) is 4. The van der Waals surface area contributed by atoms with Crippen LogP contribution in [-0.2, 0) is 4.79 Å². The van der Waals surface area contributed by atoms with Gasteiger partial charge in [-0.05, 0) is 13.0 Å². The number of nitrogens with zero attached hydrogens (tertiary/aromatic N) is 1. The van der Waals surface area contributed by atoms with Crippen LogP contribution in [0.1, 0.15) is 23.7 Å². The SMILES string of the molecule is CCNC(=O)CCNC(=O)c1cc(F)cnc1NC. The summed E-state index contributed by atoms with van der Waals surface area (Å²) >= 11 is 0. The molecule has 0 bridgehead atoms. The zero-order chi connectivity index (χ0) is 14.3. The Balaban J connectivity index is 2.58. The lowest BCUT2D eigenvalue weighted by Crippen LogP contribution is -2.31. The Morgan fingerprint density at radius 3 is 2.74 bits per heavy atom. The summed E-state index contributed by atoms with van der Waals surface area (Å²) in [6, 6.07) is 1.10. The Morgan fingerprint density at radius 2 is 2.11 bits per heavy atom. The van der Waals surface area contributed by atoms with E-state index in [9.17, 15) is 14.0 Å². The minimum atomic E-state index is -0.590. The highest BCUT2D eigenvalue weighted by atomic mass is 19.1. The number of rotatable bonds is 6. The first kappa shape index (κ1) is 14.9. The van der Waals surface area contributed by atoms with Gasteiger partial charge in [0.1, 0.15) is 11.6 Å². The first-order valence-corrected chi connectivity index (χ1v) is 5.96. The summed E-state index contributed by atoms with van der Waals surface area (Å²) in [5, 5.41) is 7.86. The molecule has 1 aromatic heterocycles. The number of anilines is 1. The average Bonchev–Trinajstić information content (AvgIpc) is 2.38. The second-order valence-corrected chi connectivity index (χ2v) is 3.76. The number of pyridine rings is 1. The fraction of sp³-hybridized carbons (Fsp3) is 0.417. The van der Waals surface area contributed by atoms with Crippen molar-refractivity contribution in [2.24, 2.45) is 0 Å². The summed E-state index contributed by atoms with van der Waals surface area (Å²) in [7, 11) is 1.59. The lowest BCUT2D eigenvalue weighted by molar-refractivity contribution is -0.120. The number of hydrogen-bond donors (Lipinski definition) is 3.